The van der Waals surface area contributed by atoms with E-state index < -0.39 is 6.04 Å². The van der Waals surface area contributed by atoms with Gasteiger partial charge in [-0.2, -0.15) is 0 Å². The van der Waals surface area contributed by atoms with Gasteiger partial charge < -0.3 is 11.1 Å². The highest BCUT2D eigenvalue weighted by atomic mass is 79.9. The zero-order valence-corrected chi connectivity index (χ0v) is 9.41. The molecule has 1 aromatic heterocycles. The first-order valence-corrected chi connectivity index (χ1v) is 5.10. The van der Waals surface area contributed by atoms with Gasteiger partial charge in [0, 0.05) is 10.7 Å². The van der Waals surface area contributed by atoms with Crippen LogP contribution in [0.1, 0.15) is 13.3 Å². The first-order chi connectivity index (χ1) is 6.63. The van der Waals surface area contributed by atoms with Gasteiger partial charge in [-0.15, -0.1) is 0 Å². The van der Waals surface area contributed by atoms with Crippen molar-refractivity contribution >= 4 is 27.7 Å². The Morgan fingerprint density at radius 2 is 2.43 bits per heavy atom. The Kier molecular flexibility index (Phi) is 4.03. The van der Waals surface area contributed by atoms with Crippen molar-refractivity contribution < 1.29 is 4.79 Å². The monoisotopic (exact) mass is 257 g/mol. The predicted octanol–water partition coefficient (Wildman–Crippen LogP) is 1.52. The Hall–Kier alpha value is -0.940. The molecule has 1 heterocycles. The van der Waals surface area contributed by atoms with Gasteiger partial charge in [-0.25, -0.2) is 4.98 Å². The van der Waals surface area contributed by atoms with Crippen LogP contribution in [0.3, 0.4) is 0 Å². The molecular formula is C9H12BrN3O. The van der Waals surface area contributed by atoms with E-state index in [1.165, 1.54) is 0 Å². The normalized spacial score (nSPS) is 12.2. The van der Waals surface area contributed by atoms with Crippen LogP contribution in [0, 0.1) is 0 Å². The van der Waals surface area contributed by atoms with Crippen molar-refractivity contribution in [3.8, 4) is 0 Å². The molecule has 5 heteroatoms. The number of rotatable bonds is 3. The lowest BCUT2D eigenvalue weighted by Gasteiger charge is -2.08. The Bertz CT molecular complexity index is 312. The molecule has 0 aliphatic carbocycles. The maximum atomic E-state index is 11.3. The minimum atomic E-state index is -0.472. The van der Waals surface area contributed by atoms with Crippen LogP contribution in [0.5, 0.6) is 0 Å². The number of carbonyl (C=O) groups is 1. The third-order valence-electron chi connectivity index (χ3n) is 1.76. The zero-order valence-electron chi connectivity index (χ0n) is 7.83. The van der Waals surface area contributed by atoms with Gasteiger partial charge in [0.15, 0.2) is 0 Å². The molecule has 0 saturated carbocycles. The summed E-state index contributed by atoms with van der Waals surface area (Å²) in [5.41, 5.74) is 5.55. The highest BCUT2D eigenvalue weighted by Gasteiger charge is 2.10. The molecule has 0 aliphatic heterocycles. The van der Waals surface area contributed by atoms with Crippen LogP contribution in [0.4, 0.5) is 5.82 Å². The summed E-state index contributed by atoms with van der Waals surface area (Å²) in [5.74, 6) is 0.310. The number of aromatic nitrogens is 1. The maximum absolute atomic E-state index is 11.3. The zero-order chi connectivity index (χ0) is 10.6. The second kappa shape index (κ2) is 5.07. The van der Waals surface area contributed by atoms with Crippen molar-refractivity contribution in [1.82, 2.24) is 4.98 Å². The summed E-state index contributed by atoms with van der Waals surface area (Å²) in [7, 11) is 0. The number of halogens is 1. The van der Waals surface area contributed by atoms with Crippen molar-refractivity contribution in [1.29, 1.82) is 0 Å². The van der Waals surface area contributed by atoms with E-state index in [1.54, 1.807) is 18.3 Å². The lowest BCUT2D eigenvalue weighted by atomic mass is 10.2. The number of anilines is 1. The summed E-state index contributed by atoms with van der Waals surface area (Å²) in [6.07, 6.45) is 2.23. The number of nitrogens with zero attached hydrogens (tertiary/aromatic N) is 1. The summed E-state index contributed by atoms with van der Waals surface area (Å²) < 4.78 is 0.871. The number of hydrogen-bond donors (Lipinski definition) is 2. The number of carbonyl (C=O) groups excluding carboxylic acids is 1. The fourth-order valence-electron chi connectivity index (χ4n) is 0.854. The van der Waals surface area contributed by atoms with Crippen molar-refractivity contribution in [3.63, 3.8) is 0 Å². The number of amides is 1. The molecule has 1 amide bonds. The van der Waals surface area contributed by atoms with E-state index in [4.69, 9.17) is 5.73 Å². The van der Waals surface area contributed by atoms with Crippen LogP contribution in [0.25, 0.3) is 0 Å². The number of nitrogens with one attached hydrogen (secondary N) is 1. The van der Waals surface area contributed by atoms with Gasteiger partial charge in [0.2, 0.25) is 5.91 Å². The van der Waals surface area contributed by atoms with Crippen molar-refractivity contribution in [3.05, 3.63) is 22.8 Å². The molecule has 76 valence electrons. The first kappa shape index (κ1) is 11.1. The fourth-order valence-corrected chi connectivity index (χ4v) is 1.09. The van der Waals surface area contributed by atoms with Gasteiger partial charge in [0.1, 0.15) is 5.82 Å². The first-order valence-electron chi connectivity index (χ1n) is 4.31. The fraction of sp³-hybridized carbons (Fsp3) is 0.333. The molecule has 3 N–H and O–H groups in total. The molecule has 0 aromatic carbocycles. The lowest BCUT2D eigenvalue weighted by Crippen LogP contribution is -2.35. The molecule has 0 unspecified atom stereocenters. The molecular weight excluding hydrogens is 246 g/mol. The quantitative estimate of drug-likeness (QED) is 0.863. The van der Waals surface area contributed by atoms with Crippen LogP contribution in [-0.2, 0) is 4.79 Å². The van der Waals surface area contributed by atoms with Crippen molar-refractivity contribution in [2.75, 3.05) is 5.32 Å². The van der Waals surface area contributed by atoms with E-state index in [0.29, 0.717) is 12.2 Å². The second-order valence-electron chi connectivity index (χ2n) is 2.87. The standard InChI is InChI=1S/C9H12BrN3O/c1-2-7(11)9(14)13-8-4-3-6(10)5-12-8/h3-5,7H,2,11H2,1H3,(H,12,13,14)/t7-/m0/s1. The third-order valence-corrected chi connectivity index (χ3v) is 2.22. The molecule has 0 fully saturated rings. The van der Waals surface area contributed by atoms with Crippen LogP contribution < -0.4 is 11.1 Å². The molecule has 0 spiro atoms. The molecule has 14 heavy (non-hydrogen) atoms. The number of hydrogen-bond acceptors (Lipinski definition) is 3. The molecule has 1 rings (SSSR count). The molecule has 0 bridgehead atoms. The van der Waals surface area contributed by atoms with Crippen LogP contribution in [0.2, 0.25) is 0 Å². The molecule has 4 nitrogen and oxygen atoms in total. The topological polar surface area (TPSA) is 68.0 Å². The minimum absolute atomic E-state index is 0.206. The van der Waals surface area contributed by atoms with Gasteiger partial charge in [-0.1, -0.05) is 6.92 Å². The number of pyridine rings is 1. The Morgan fingerprint density at radius 3 is 2.93 bits per heavy atom. The van der Waals surface area contributed by atoms with E-state index >= 15 is 0 Å². The predicted molar refractivity (Wildman–Crippen MR) is 58.8 cm³/mol. The third kappa shape index (κ3) is 3.08. The van der Waals surface area contributed by atoms with E-state index in [0.717, 1.165) is 4.47 Å². The average Bonchev–Trinajstić information content (AvgIpc) is 2.20. The lowest BCUT2D eigenvalue weighted by molar-refractivity contribution is -0.117. The second-order valence-corrected chi connectivity index (χ2v) is 3.78. The summed E-state index contributed by atoms with van der Waals surface area (Å²) >= 11 is 3.25. The minimum Gasteiger partial charge on any atom is -0.320 e. The highest BCUT2D eigenvalue weighted by molar-refractivity contribution is 9.10. The average molecular weight is 258 g/mol. The summed E-state index contributed by atoms with van der Waals surface area (Å²) in [6.45, 7) is 1.86. The van der Waals surface area contributed by atoms with Gasteiger partial charge in [-0.05, 0) is 34.5 Å². The molecule has 1 aromatic rings. The molecule has 0 saturated heterocycles. The number of nitrogens with two attached hydrogens (primary N) is 1. The smallest absolute Gasteiger partial charge is 0.242 e. The summed E-state index contributed by atoms with van der Waals surface area (Å²) in [4.78, 5) is 15.3. The molecule has 0 radical (unpaired) electrons. The van der Waals surface area contributed by atoms with Gasteiger partial charge in [-0.3, -0.25) is 4.79 Å². The largest absolute Gasteiger partial charge is 0.320 e. The Morgan fingerprint density at radius 1 is 1.71 bits per heavy atom. The molecule has 0 aliphatic rings. The van der Waals surface area contributed by atoms with Crippen LogP contribution >= 0.6 is 15.9 Å². The van der Waals surface area contributed by atoms with E-state index in [1.807, 2.05) is 6.92 Å². The van der Waals surface area contributed by atoms with E-state index in [-0.39, 0.29) is 5.91 Å². The van der Waals surface area contributed by atoms with Gasteiger partial charge in [0.25, 0.3) is 0 Å². The summed E-state index contributed by atoms with van der Waals surface area (Å²) in [6, 6.07) is 3.05. The van der Waals surface area contributed by atoms with E-state index in [2.05, 4.69) is 26.2 Å². The highest BCUT2D eigenvalue weighted by Crippen LogP contribution is 2.10. The van der Waals surface area contributed by atoms with Crippen molar-refractivity contribution in [2.45, 2.75) is 19.4 Å². The van der Waals surface area contributed by atoms with Crippen molar-refractivity contribution in [2.24, 2.45) is 5.73 Å². The van der Waals surface area contributed by atoms with Crippen LogP contribution in [-0.4, -0.2) is 16.9 Å². The Balaban J connectivity index is 2.60. The van der Waals surface area contributed by atoms with Crippen LogP contribution in [0.15, 0.2) is 22.8 Å². The van der Waals surface area contributed by atoms with Gasteiger partial charge >= 0.3 is 0 Å². The van der Waals surface area contributed by atoms with Gasteiger partial charge in [0.05, 0.1) is 6.04 Å². The maximum Gasteiger partial charge on any atom is 0.242 e. The Labute approximate surface area is 91.0 Å². The molecule has 1 atom stereocenters. The summed E-state index contributed by atoms with van der Waals surface area (Å²) in [5, 5.41) is 2.62. The van der Waals surface area contributed by atoms with E-state index in [9.17, 15) is 4.79 Å². The SMILES string of the molecule is CC[C@H](N)C(=O)Nc1ccc(Br)cn1.